The van der Waals surface area contributed by atoms with Crippen LogP contribution in [-0.4, -0.2) is 68.6 Å². The van der Waals surface area contributed by atoms with Crippen molar-refractivity contribution in [2.24, 2.45) is 0 Å². The first-order valence-electron chi connectivity index (χ1n) is 12.2. The van der Waals surface area contributed by atoms with Crippen LogP contribution in [0.15, 0.2) is 12.1 Å². The molecular formula is C25H42N4O3. The summed E-state index contributed by atoms with van der Waals surface area (Å²) in [5.74, 6) is 0. The molecule has 0 aromatic heterocycles. The second-order valence-corrected chi connectivity index (χ2v) is 9.75. The average Bonchev–Trinajstić information content (AvgIpc) is 3.28. The summed E-state index contributed by atoms with van der Waals surface area (Å²) in [6.07, 6.45) is 2.56. The van der Waals surface area contributed by atoms with E-state index in [0.29, 0.717) is 32.5 Å². The molecule has 2 aliphatic rings. The predicted molar refractivity (Wildman–Crippen MR) is 131 cm³/mol. The fourth-order valence-electron chi connectivity index (χ4n) is 4.62. The van der Waals surface area contributed by atoms with E-state index in [1.54, 1.807) is 0 Å². The third-order valence-electron chi connectivity index (χ3n) is 6.22. The lowest BCUT2D eigenvalue weighted by Gasteiger charge is -2.39. The molecule has 1 amide bonds. The maximum atomic E-state index is 12.5. The Morgan fingerprint density at radius 3 is 2.47 bits per heavy atom. The normalized spacial score (nSPS) is 19.4. The SMILES string of the molecule is CCOCc1cc(N2CCN(C(=O)OC(C)(C)C)CC2)c(C)c(N(CC)C2CCCN2)c1. The zero-order valence-electron chi connectivity index (χ0n) is 20.9. The zero-order valence-corrected chi connectivity index (χ0v) is 20.9. The van der Waals surface area contributed by atoms with Crippen molar-refractivity contribution in [3.63, 3.8) is 0 Å². The van der Waals surface area contributed by atoms with Gasteiger partial charge in [0.25, 0.3) is 0 Å². The summed E-state index contributed by atoms with van der Waals surface area (Å²) in [5, 5.41) is 3.65. The van der Waals surface area contributed by atoms with Gasteiger partial charge in [0.2, 0.25) is 0 Å². The Morgan fingerprint density at radius 2 is 1.91 bits per heavy atom. The molecule has 1 aromatic rings. The number of ether oxygens (including phenoxy) is 2. The van der Waals surface area contributed by atoms with E-state index in [-0.39, 0.29) is 6.09 Å². The molecule has 2 heterocycles. The molecule has 2 fully saturated rings. The van der Waals surface area contributed by atoms with Crippen LogP contribution in [0.3, 0.4) is 0 Å². The number of nitrogens with zero attached hydrogens (tertiary/aromatic N) is 3. The average molecular weight is 447 g/mol. The summed E-state index contributed by atoms with van der Waals surface area (Å²) >= 11 is 0. The quantitative estimate of drug-likeness (QED) is 0.680. The number of nitrogens with one attached hydrogen (secondary N) is 1. The standard InChI is InChI=1S/C25H42N4O3/c1-7-29(23-10-9-11-26-23)22-17-20(18-31-8-2)16-21(19(22)3)27-12-14-28(15-13-27)24(30)32-25(4,5)6/h16-17,23,26H,7-15,18H2,1-6H3. The van der Waals surface area contributed by atoms with Crippen LogP contribution in [0.1, 0.15) is 58.6 Å². The van der Waals surface area contributed by atoms with Crippen LogP contribution in [0, 0.1) is 6.92 Å². The summed E-state index contributed by atoms with van der Waals surface area (Å²) < 4.78 is 11.3. The van der Waals surface area contributed by atoms with Crippen molar-refractivity contribution >= 4 is 17.5 Å². The van der Waals surface area contributed by atoms with E-state index in [0.717, 1.165) is 26.2 Å². The maximum absolute atomic E-state index is 12.5. The predicted octanol–water partition coefficient (Wildman–Crippen LogP) is 4.12. The van der Waals surface area contributed by atoms with Gasteiger partial charge in [-0.1, -0.05) is 0 Å². The van der Waals surface area contributed by atoms with E-state index in [4.69, 9.17) is 9.47 Å². The first-order valence-corrected chi connectivity index (χ1v) is 12.2. The van der Waals surface area contributed by atoms with E-state index >= 15 is 0 Å². The fourth-order valence-corrected chi connectivity index (χ4v) is 4.62. The molecule has 0 saturated carbocycles. The minimum absolute atomic E-state index is 0.218. The van der Waals surface area contributed by atoms with Gasteiger partial charge in [0.05, 0.1) is 12.8 Å². The third kappa shape index (κ3) is 6.07. The summed E-state index contributed by atoms with van der Waals surface area (Å²) in [7, 11) is 0. The second kappa shape index (κ2) is 10.8. The lowest BCUT2D eigenvalue weighted by atomic mass is 10.0. The Morgan fingerprint density at radius 1 is 1.19 bits per heavy atom. The van der Waals surface area contributed by atoms with Crippen molar-refractivity contribution in [1.82, 2.24) is 10.2 Å². The van der Waals surface area contributed by atoms with Gasteiger partial charge in [0.1, 0.15) is 5.60 Å². The molecule has 1 unspecified atom stereocenters. The van der Waals surface area contributed by atoms with Crippen molar-refractivity contribution in [3.8, 4) is 0 Å². The minimum atomic E-state index is -0.467. The molecule has 2 saturated heterocycles. The van der Waals surface area contributed by atoms with Crippen LogP contribution in [0.5, 0.6) is 0 Å². The Balaban J connectivity index is 1.81. The van der Waals surface area contributed by atoms with Crippen LogP contribution >= 0.6 is 0 Å². The molecule has 7 heteroatoms. The van der Waals surface area contributed by atoms with Crippen LogP contribution in [0.25, 0.3) is 0 Å². The molecule has 0 radical (unpaired) electrons. The topological polar surface area (TPSA) is 57.3 Å². The third-order valence-corrected chi connectivity index (χ3v) is 6.22. The van der Waals surface area contributed by atoms with Crippen LogP contribution in [0.4, 0.5) is 16.2 Å². The Kier molecular flexibility index (Phi) is 8.28. The van der Waals surface area contributed by atoms with Gasteiger partial charge in [-0.05, 0) is 84.2 Å². The van der Waals surface area contributed by atoms with E-state index in [1.807, 2.05) is 32.6 Å². The lowest BCUT2D eigenvalue weighted by molar-refractivity contribution is 0.0240. The van der Waals surface area contributed by atoms with E-state index in [1.165, 1.54) is 35.3 Å². The van der Waals surface area contributed by atoms with Crippen LogP contribution in [0.2, 0.25) is 0 Å². The Bertz CT molecular complexity index is 763. The molecule has 7 nitrogen and oxygen atoms in total. The number of carbonyl (C=O) groups excluding carboxylic acids is 1. The Labute approximate surface area is 194 Å². The molecular weight excluding hydrogens is 404 g/mol. The van der Waals surface area contributed by atoms with Crippen molar-refractivity contribution in [3.05, 3.63) is 23.3 Å². The fraction of sp³-hybridized carbons (Fsp3) is 0.720. The number of carbonyl (C=O) groups is 1. The van der Waals surface area contributed by atoms with Gasteiger partial charge in [-0.25, -0.2) is 4.79 Å². The molecule has 1 aromatic carbocycles. The smallest absolute Gasteiger partial charge is 0.410 e. The number of benzene rings is 1. The number of piperazine rings is 1. The highest BCUT2D eigenvalue weighted by molar-refractivity contribution is 5.71. The van der Waals surface area contributed by atoms with Gasteiger partial charge in [0, 0.05) is 50.7 Å². The van der Waals surface area contributed by atoms with E-state index in [9.17, 15) is 4.79 Å². The number of rotatable bonds is 7. The maximum Gasteiger partial charge on any atom is 0.410 e. The summed E-state index contributed by atoms with van der Waals surface area (Å²) in [5.41, 5.74) is 4.57. The van der Waals surface area contributed by atoms with Gasteiger partial charge in [-0.15, -0.1) is 0 Å². The molecule has 1 N–H and O–H groups in total. The highest BCUT2D eigenvalue weighted by Crippen LogP contribution is 2.34. The molecule has 0 aliphatic carbocycles. The van der Waals surface area contributed by atoms with Gasteiger partial charge < -0.3 is 24.2 Å². The van der Waals surface area contributed by atoms with Crippen molar-refractivity contribution in [1.29, 1.82) is 0 Å². The van der Waals surface area contributed by atoms with Gasteiger partial charge in [0.15, 0.2) is 0 Å². The summed E-state index contributed by atoms with van der Waals surface area (Å²) in [6.45, 7) is 18.5. The highest BCUT2D eigenvalue weighted by Gasteiger charge is 2.28. The molecule has 3 rings (SSSR count). The van der Waals surface area contributed by atoms with Gasteiger partial charge >= 0.3 is 6.09 Å². The number of hydrogen-bond donors (Lipinski definition) is 1. The molecule has 32 heavy (non-hydrogen) atoms. The minimum Gasteiger partial charge on any atom is -0.444 e. The lowest BCUT2D eigenvalue weighted by Crippen LogP contribution is -2.50. The number of anilines is 2. The second-order valence-electron chi connectivity index (χ2n) is 9.75. The molecule has 0 spiro atoms. The van der Waals surface area contributed by atoms with Crippen molar-refractivity contribution in [2.45, 2.75) is 72.8 Å². The Hall–Kier alpha value is -1.99. The highest BCUT2D eigenvalue weighted by atomic mass is 16.6. The van der Waals surface area contributed by atoms with E-state index < -0.39 is 5.60 Å². The van der Waals surface area contributed by atoms with Crippen molar-refractivity contribution < 1.29 is 14.3 Å². The monoisotopic (exact) mass is 446 g/mol. The van der Waals surface area contributed by atoms with Crippen molar-refractivity contribution in [2.75, 3.05) is 55.7 Å². The largest absolute Gasteiger partial charge is 0.444 e. The first-order chi connectivity index (χ1) is 15.2. The molecule has 1 atom stereocenters. The molecule has 0 bridgehead atoms. The van der Waals surface area contributed by atoms with E-state index in [2.05, 4.69) is 41.1 Å². The molecule has 2 aliphatic heterocycles. The first kappa shape index (κ1) is 24.6. The number of hydrogen-bond acceptors (Lipinski definition) is 6. The van der Waals surface area contributed by atoms with Crippen LogP contribution < -0.4 is 15.1 Å². The van der Waals surface area contributed by atoms with Gasteiger partial charge in [-0.2, -0.15) is 0 Å². The molecule has 180 valence electrons. The summed E-state index contributed by atoms with van der Waals surface area (Å²) in [6, 6.07) is 4.57. The zero-order chi connectivity index (χ0) is 23.3. The summed E-state index contributed by atoms with van der Waals surface area (Å²) in [4.78, 5) is 19.2. The van der Waals surface area contributed by atoms with Gasteiger partial charge in [-0.3, -0.25) is 5.32 Å². The number of amides is 1. The van der Waals surface area contributed by atoms with Crippen LogP contribution in [-0.2, 0) is 16.1 Å².